The molecule has 3 atom stereocenters. The average molecular weight is 446 g/mol. The maximum absolute atomic E-state index is 13.5. The second kappa shape index (κ2) is 8.77. The molecule has 3 N–H and O–H groups in total. The molecule has 1 saturated heterocycles. The smallest absolute Gasteiger partial charge is 0.225 e. The first-order valence-corrected chi connectivity index (χ1v) is 10.8. The van der Waals surface area contributed by atoms with Gasteiger partial charge in [-0.15, -0.1) is 11.3 Å². The van der Waals surface area contributed by atoms with Gasteiger partial charge in [-0.3, -0.25) is 14.7 Å². The molecule has 164 valence electrons. The van der Waals surface area contributed by atoms with Crippen molar-refractivity contribution in [2.45, 2.75) is 45.5 Å². The lowest BCUT2D eigenvalue weighted by Crippen LogP contribution is -2.36. The van der Waals surface area contributed by atoms with Gasteiger partial charge in [0.25, 0.3) is 0 Å². The van der Waals surface area contributed by atoms with Gasteiger partial charge in [0.2, 0.25) is 11.9 Å². The van der Waals surface area contributed by atoms with Crippen LogP contribution in [0.4, 0.5) is 10.3 Å². The number of aliphatic hydroxyl groups is 1. The van der Waals surface area contributed by atoms with E-state index in [9.17, 15) is 14.3 Å². The van der Waals surface area contributed by atoms with Crippen LogP contribution in [0.3, 0.4) is 0 Å². The number of amides is 1. The summed E-state index contributed by atoms with van der Waals surface area (Å²) < 4.78 is 14.3. The van der Waals surface area contributed by atoms with Crippen molar-refractivity contribution in [3.05, 3.63) is 40.5 Å². The van der Waals surface area contributed by atoms with E-state index in [1.54, 1.807) is 6.20 Å². The number of fused-ring (bicyclic) bond motifs is 1. The average Bonchev–Trinajstić information content (AvgIpc) is 3.32. The zero-order chi connectivity index (χ0) is 22.1. The number of aryl methyl sites for hydroxylation is 1. The van der Waals surface area contributed by atoms with Gasteiger partial charge in [0.15, 0.2) is 11.9 Å². The molecule has 1 amide bonds. The van der Waals surface area contributed by atoms with Crippen molar-refractivity contribution < 1.29 is 14.3 Å². The molecule has 0 saturated carbocycles. The highest BCUT2D eigenvalue weighted by Crippen LogP contribution is 2.32. The van der Waals surface area contributed by atoms with Crippen LogP contribution in [0, 0.1) is 12.7 Å². The molecule has 3 aromatic heterocycles. The fourth-order valence-corrected chi connectivity index (χ4v) is 4.58. The molecule has 0 aliphatic carbocycles. The Kier molecular flexibility index (Phi) is 6.08. The van der Waals surface area contributed by atoms with E-state index >= 15 is 0 Å². The van der Waals surface area contributed by atoms with Crippen molar-refractivity contribution in [1.82, 2.24) is 30.2 Å². The summed E-state index contributed by atoms with van der Waals surface area (Å²) in [7, 11) is 0. The number of nitrogens with one attached hydrogen (secondary N) is 2. The van der Waals surface area contributed by atoms with E-state index in [2.05, 4.69) is 30.6 Å². The van der Waals surface area contributed by atoms with Gasteiger partial charge in [0, 0.05) is 32.3 Å². The molecule has 4 heterocycles. The number of aromatic nitrogens is 4. The maximum atomic E-state index is 13.5. The third kappa shape index (κ3) is 4.78. The molecular formula is C20H24FN7O2S. The number of anilines is 1. The Morgan fingerprint density at radius 3 is 2.90 bits per heavy atom. The van der Waals surface area contributed by atoms with Crippen molar-refractivity contribution in [3.8, 4) is 0 Å². The van der Waals surface area contributed by atoms with Crippen molar-refractivity contribution in [2.75, 3.05) is 18.4 Å². The first kappa shape index (κ1) is 21.5. The number of hydrogen-bond acceptors (Lipinski definition) is 9. The number of likely N-dealkylation sites (tertiary alicyclic amines) is 1. The topological polar surface area (TPSA) is 116 Å². The van der Waals surface area contributed by atoms with Crippen molar-refractivity contribution in [1.29, 1.82) is 0 Å². The SMILES string of the molecule is CC(=O)N[C@H]1CCN(C(O)c2nc(N[C@@H](C)c3cncc(F)c3)nc3nc(C)sc23)C1. The van der Waals surface area contributed by atoms with E-state index in [0.29, 0.717) is 35.9 Å². The van der Waals surface area contributed by atoms with Gasteiger partial charge in [0.1, 0.15) is 11.5 Å². The fraction of sp³-hybridized carbons (Fsp3) is 0.450. The lowest BCUT2D eigenvalue weighted by molar-refractivity contribution is -0.119. The Morgan fingerprint density at radius 1 is 1.35 bits per heavy atom. The van der Waals surface area contributed by atoms with E-state index in [-0.39, 0.29) is 18.0 Å². The molecule has 31 heavy (non-hydrogen) atoms. The van der Waals surface area contributed by atoms with Crippen LogP contribution >= 0.6 is 11.3 Å². The fourth-order valence-electron chi connectivity index (χ4n) is 3.72. The monoisotopic (exact) mass is 445 g/mol. The first-order chi connectivity index (χ1) is 14.8. The number of nitrogens with zero attached hydrogens (tertiary/aromatic N) is 5. The summed E-state index contributed by atoms with van der Waals surface area (Å²) in [6.45, 7) is 6.37. The molecule has 1 aliphatic heterocycles. The van der Waals surface area contributed by atoms with Crippen LogP contribution in [-0.4, -0.2) is 55.0 Å². The number of pyridine rings is 1. The predicted octanol–water partition coefficient (Wildman–Crippen LogP) is 2.30. The lowest BCUT2D eigenvalue weighted by atomic mass is 10.1. The standard InChI is InChI=1S/C20H24FN7O2S/c1-10(13-6-14(21)8-22-7-13)23-20-26-16(17-18(27-20)25-12(3)31-17)19(30)28-5-4-15(9-28)24-11(2)29/h6-8,10,15,19,30H,4-5,9H2,1-3H3,(H,24,29)(H,23,26,27)/t10-,15-,19?/m0/s1. The summed E-state index contributed by atoms with van der Waals surface area (Å²) in [5.74, 6) is -0.214. The minimum Gasteiger partial charge on any atom is -0.372 e. The van der Waals surface area contributed by atoms with E-state index in [1.807, 2.05) is 18.7 Å². The second-order valence-electron chi connectivity index (χ2n) is 7.68. The quantitative estimate of drug-likeness (QED) is 0.529. The summed E-state index contributed by atoms with van der Waals surface area (Å²) in [6, 6.07) is 1.09. The summed E-state index contributed by atoms with van der Waals surface area (Å²) in [6.07, 6.45) is 2.52. The summed E-state index contributed by atoms with van der Waals surface area (Å²) >= 11 is 1.42. The highest BCUT2D eigenvalue weighted by molar-refractivity contribution is 7.18. The summed E-state index contributed by atoms with van der Waals surface area (Å²) in [5, 5.41) is 18.0. The van der Waals surface area contributed by atoms with Gasteiger partial charge in [0.05, 0.1) is 21.9 Å². The van der Waals surface area contributed by atoms with Gasteiger partial charge >= 0.3 is 0 Å². The molecular weight excluding hydrogens is 421 g/mol. The van der Waals surface area contributed by atoms with E-state index in [4.69, 9.17) is 0 Å². The Labute approximate surface area is 182 Å². The number of carbonyl (C=O) groups is 1. The van der Waals surface area contributed by atoms with Crippen molar-refractivity contribution >= 4 is 33.5 Å². The number of hydrogen-bond donors (Lipinski definition) is 3. The molecule has 9 nitrogen and oxygen atoms in total. The summed E-state index contributed by atoms with van der Waals surface area (Å²) in [5.41, 5.74) is 1.61. The van der Waals surface area contributed by atoms with Crippen molar-refractivity contribution in [2.24, 2.45) is 0 Å². The third-order valence-electron chi connectivity index (χ3n) is 5.18. The van der Waals surface area contributed by atoms with Crippen LogP contribution in [-0.2, 0) is 4.79 Å². The highest BCUT2D eigenvalue weighted by Gasteiger charge is 2.31. The highest BCUT2D eigenvalue weighted by atomic mass is 32.1. The Bertz CT molecular complexity index is 1110. The Balaban J connectivity index is 1.61. The minimum atomic E-state index is -0.962. The second-order valence-corrected chi connectivity index (χ2v) is 8.88. The Morgan fingerprint density at radius 2 is 2.16 bits per heavy atom. The van der Waals surface area contributed by atoms with Crippen LogP contribution < -0.4 is 10.6 Å². The van der Waals surface area contributed by atoms with Gasteiger partial charge in [-0.25, -0.2) is 14.4 Å². The molecule has 11 heteroatoms. The third-order valence-corrected chi connectivity index (χ3v) is 6.16. The van der Waals surface area contributed by atoms with Crippen LogP contribution in [0.25, 0.3) is 10.3 Å². The van der Waals surface area contributed by atoms with Gasteiger partial charge < -0.3 is 15.7 Å². The number of thiazole rings is 1. The van der Waals surface area contributed by atoms with Crippen LogP contribution in [0.15, 0.2) is 18.5 Å². The van der Waals surface area contributed by atoms with E-state index < -0.39 is 12.0 Å². The maximum Gasteiger partial charge on any atom is 0.225 e. The molecule has 0 spiro atoms. The van der Waals surface area contributed by atoms with Crippen LogP contribution in [0.5, 0.6) is 0 Å². The van der Waals surface area contributed by atoms with Crippen LogP contribution in [0.1, 0.15) is 48.8 Å². The molecule has 1 unspecified atom stereocenters. The normalized spacial score (nSPS) is 18.8. The van der Waals surface area contributed by atoms with E-state index in [0.717, 1.165) is 22.3 Å². The van der Waals surface area contributed by atoms with E-state index in [1.165, 1.54) is 24.3 Å². The summed E-state index contributed by atoms with van der Waals surface area (Å²) in [4.78, 5) is 30.6. The molecule has 0 aromatic carbocycles. The number of aliphatic hydroxyl groups excluding tert-OH is 1. The number of halogens is 1. The molecule has 3 aromatic rings. The largest absolute Gasteiger partial charge is 0.372 e. The van der Waals surface area contributed by atoms with Crippen LogP contribution in [0.2, 0.25) is 0 Å². The Hall–Kier alpha value is -2.76. The van der Waals surface area contributed by atoms with Gasteiger partial charge in [-0.2, -0.15) is 4.98 Å². The molecule has 0 radical (unpaired) electrons. The lowest BCUT2D eigenvalue weighted by Gasteiger charge is -2.23. The number of carbonyl (C=O) groups excluding carboxylic acids is 1. The molecule has 0 bridgehead atoms. The van der Waals surface area contributed by atoms with Crippen molar-refractivity contribution in [3.63, 3.8) is 0 Å². The number of rotatable bonds is 6. The van der Waals surface area contributed by atoms with Gasteiger partial charge in [-0.1, -0.05) is 0 Å². The predicted molar refractivity (Wildman–Crippen MR) is 115 cm³/mol. The molecule has 4 rings (SSSR count). The van der Waals surface area contributed by atoms with Gasteiger partial charge in [-0.05, 0) is 31.9 Å². The zero-order valence-electron chi connectivity index (χ0n) is 17.5. The molecule has 1 aliphatic rings. The zero-order valence-corrected chi connectivity index (χ0v) is 18.3. The first-order valence-electron chi connectivity index (χ1n) is 10.0. The minimum absolute atomic E-state index is 0.00855. The molecule has 1 fully saturated rings.